The first-order chi connectivity index (χ1) is 12.7. The molecule has 0 aliphatic carbocycles. The van der Waals surface area contributed by atoms with E-state index in [0.717, 1.165) is 54.3 Å². The number of fused-ring (bicyclic) bond motifs is 3. The van der Waals surface area contributed by atoms with Gasteiger partial charge in [0.25, 0.3) is 0 Å². The predicted molar refractivity (Wildman–Crippen MR) is 104 cm³/mol. The van der Waals surface area contributed by atoms with Crippen LogP contribution in [-0.2, 0) is 4.79 Å². The maximum absolute atomic E-state index is 12.4. The zero-order valence-corrected chi connectivity index (χ0v) is 15.0. The van der Waals surface area contributed by atoms with Gasteiger partial charge in [-0.05, 0) is 50.4 Å². The number of anilines is 1. The Morgan fingerprint density at radius 2 is 2.00 bits per heavy atom. The lowest BCUT2D eigenvalue weighted by Gasteiger charge is -2.22. The van der Waals surface area contributed by atoms with Crippen molar-refractivity contribution in [2.24, 2.45) is 5.92 Å². The van der Waals surface area contributed by atoms with E-state index in [1.165, 1.54) is 0 Å². The highest BCUT2D eigenvalue weighted by atomic mass is 16.5. The quantitative estimate of drug-likeness (QED) is 0.718. The van der Waals surface area contributed by atoms with Gasteiger partial charge in [-0.15, -0.1) is 0 Å². The normalized spacial score (nSPS) is 15.4. The van der Waals surface area contributed by atoms with Crippen molar-refractivity contribution in [3.8, 4) is 5.75 Å². The van der Waals surface area contributed by atoms with E-state index in [9.17, 15) is 4.79 Å². The van der Waals surface area contributed by atoms with Gasteiger partial charge in [0.15, 0.2) is 0 Å². The topological polar surface area (TPSA) is 63.5 Å². The van der Waals surface area contributed by atoms with Crippen LogP contribution in [0.25, 0.3) is 21.9 Å². The molecule has 3 aromatic rings. The van der Waals surface area contributed by atoms with Crippen LogP contribution in [0.5, 0.6) is 5.75 Å². The first-order valence-corrected chi connectivity index (χ1v) is 9.24. The summed E-state index contributed by atoms with van der Waals surface area (Å²) >= 11 is 0. The highest BCUT2D eigenvalue weighted by Gasteiger charge is 2.17. The maximum Gasteiger partial charge on any atom is 0.224 e. The number of rotatable bonds is 5. The van der Waals surface area contributed by atoms with E-state index in [2.05, 4.69) is 10.6 Å². The van der Waals surface area contributed by atoms with E-state index in [0.29, 0.717) is 23.8 Å². The fourth-order valence-corrected chi connectivity index (χ4v) is 3.74. The number of para-hydroxylation sites is 1. The van der Waals surface area contributed by atoms with Gasteiger partial charge in [-0.3, -0.25) is 4.79 Å². The number of amides is 1. The number of carbonyl (C=O) groups is 1. The van der Waals surface area contributed by atoms with E-state index in [4.69, 9.17) is 9.15 Å². The average molecular weight is 352 g/mol. The van der Waals surface area contributed by atoms with Crippen molar-refractivity contribution in [1.82, 2.24) is 5.32 Å². The van der Waals surface area contributed by atoms with Crippen LogP contribution in [0.1, 0.15) is 25.7 Å². The molecule has 1 saturated heterocycles. The second-order valence-corrected chi connectivity index (χ2v) is 6.93. The van der Waals surface area contributed by atoms with E-state index in [-0.39, 0.29) is 5.91 Å². The molecule has 2 aromatic carbocycles. The molecule has 1 fully saturated rings. The summed E-state index contributed by atoms with van der Waals surface area (Å²) in [6.07, 6.45) is 3.78. The lowest BCUT2D eigenvalue weighted by Crippen LogP contribution is -2.28. The number of carbonyl (C=O) groups excluding carboxylic acids is 1. The van der Waals surface area contributed by atoms with Crippen LogP contribution in [0.4, 0.5) is 5.69 Å². The maximum atomic E-state index is 12.4. The number of piperidine rings is 1. The van der Waals surface area contributed by atoms with Crippen LogP contribution in [-0.4, -0.2) is 26.1 Å². The summed E-state index contributed by atoms with van der Waals surface area (Å²) in [4.78, 5) is 12.4. The van der Waals surface area contributed by atoms with Crippen LogP contribution < -0.4 is 15.4 Å². The first-order valence-electron chi connectivity index (χ1n) is 9.24. The molecule has 0 atom stereocenters. The number of hydrogen-bond acceptors (Lipinski definition) is 4. The van der Waals surface area contributed by atoms with Crippen molar-refractivity contribution in [2.45, 2.75) is 25.7 Å². The van der Waals surface area contributed by atoms with Crippen molar-refractivity contribution >= 4 is 33.5 Å². The Hall–Kier alpha value is -2.53. The van der Waals surface area contributed by atoms with Crippen LogP contribution in [0.3, 0.4) is 0 Å². The molecule has 1 amide bonds. The fraction of sp³-hybridized carbons (Fsp3) is 0.381. The fourth-order valence-electron chi connectivity index (χ4n) is 3.74. The zero-order valence-electron chi connectivity index (χ0n) is 15.0. The second-order valence-electron chi connectivity index (χ2n) is 6.93. The SMILES string of the molecule is COc1cc2c(cc1NC(=O)CCC1CCNCC1)oc1ccccc12. The van der Waals surface area contributed by atoms with Crippen molar-refractivity contribution in [3.63, 3.8) is 0 Å². The Morgan fingerprint density at radius 3 is 2.81 bits per heavy atom. The predicted octanol–water partition coefficient (Wildman–Crippen LogP) is 4.31. The minimum atomic E-state index is 0.0253. The number of nitrogens with one attached hydrogen (secondary N) is 2. The summed E-state index contributed by atoms with van der Waals surface area (Å²) < 4.78 is 11.4. The van der Waals surface area contributed by atoms with Crippen molar-refractivity contribution in [3.05, 3.63) is 36.4 Å². The molecule has 0 saturated carbocycles. The molecule has 1 aliphatic rings. The number of ether oxygens (including phenoxy) is 1. The molecule has 1 aliphatic heterocycles. The van der Waals surface area contributed by atoms with E-state index < -0.39 is 0 Å². The Balaban J connectivity index is 1.53. The highest BCUT2D eigenvalue weighted by molar-refractivity contribution is 6.07. The van der Waals surface area contributed by atoms with Crippen molar-refractivity contribution < 1.29 is 13.9 Å². The van der Waals surface area contributed by atoms with Gasteiger partial charge >= 0.3 is 0 Å². The van der Waals surface area contributed by atoms with Crippen molar-refractivity contribution in [1.29, 1.82) is 0 Å². The second kappa shape index (κ2) is 7.38. The molecule has 2 N–H and O–H groups in total. The number of hydrogen-bond donors (Lipinski definition) is 2. The van der Waals surface area contributed by atoms with Crippen LogP contribution >= 0.6 is 0 Å². The van der Waals surface area contributed by atoms with Gasteiger partial charge in [0.2, 0.25) is 5.91 Å². The zero-order chi connectivity index (χ0) is 17.9. The summed E-state index contributed by atoms with van der Waals surface area (Å²) in [5, 5.41) is 8.39. The highest BCUT2D eigenvalue weighted by Crippen LogP contribution is 2.36. The molecule has 136 valence electrons. The number of benzene rings is 2. The molecule has 0 bridgehead atoms. The standard InChI is InChI=1S/C21H24N2O3/c1-25-20-12-16-15-4-2-3-5-18(15)26-19(16)13-17(20)23-21(24)7-6-14-8-10-22-11-9-14/h2-5,12-14,22H,6-11H2,1H3,(H,23,24). The lowest BCUT2D eigenvalue weighted by atomic mass is 9.93. The Bertz CT molecular complexity index is 926. The van der Waals surface area contributed by atoms with Gasteiger partial charge in [-0.1, -0.05) is 18.2 Å². The molecule has 0 spiro atoms. The third-order valence-corrected chi connectivity index (χ3v) is 5.21. The van der Waals surface area contributed by atoms with Crippen LogP contribution in [0.2, 0.25) is 0 Å². The third kappa shape index (κ3) is 3.40. The molecule has 0 radical (unpaired) electrons. The molecule has 4 rings (SSSR count). The lowest BCUT2D eigenvalue weighted by molar-refractivity contribution is -0.116. The molecule has 5 heteroatoms. The van der Waals surface area contributed by atoms with Gasteiger partial charge < -0.3 is 19.8 Å². The van der Waals surface area contributed by atoms with Gasteiger partial charge in [-0.2, -0.15) is 0 Å². The minimum Gasteiger partial charge on any atom is -0.495 e. The van der Waals surface area contributed by atoms with Crippen LogP contribution in [0, 0.1) is 5.92 Å². The summed E-state index contributed by atoms with van der Waals surface area (Å²) in [5.74, 6) is 1.32. The van der Waals surface area contributed by atoms with Gasteiger partial charge in [-0.25, -0.2) is 0 Å². The van der Waals surface area contributed by atoms with Gasteiger partial charge in [0, 0.05) is 23.3 Å². The molecule has 0 unspecified atom stereocenters. The summed E-state index contributed by atoms with van der Waals surface area (Å²) in [6, 6.07) is 11.7. The van der Waals surface area contributed by atoms with E-state index >= 15 is 0 Å². The first kappa shape index (κ1) is 16.9. The monoisotopic (exact) mass is 352 g/mol. The van der Waals surface area contributed by atoms with Gasteiger partial charge in [0.05, 0.1) is 12.8 Å². The number of methoxy groups -OCH3 is 1. The summed E-state index contributed by atoms with van der Waals surface area (Å²) in [6.45, 7) is 2.12. The Morgan fingerprint density at radius 1 is 1.19 bits per heavy atom. The molecule has 26 heavy (non-hydrogen) atoms. The average Bonchev–Trinajstić information content (AvgIpc) is 3.04. The van der Waals surface area contributed by atoms with Crippen molar-refractivity contribution in [2.75, 3.05) is 25.5 Å². The van der Waals surface area contributed by atoms with Crippen LogP contribution in [0.15, 0.2) is 40.8 Å². The van der Waals surface area contributed by atoms with E-state index in [1.807, 2.05) is 36.4 Å². The minimum absolute atomic E-state index is 0.0253. The molecular weight excluding hydrogens is 328 g/mol. The molecular formula is C21H24N2O3. The number of furan rings is 1. The Kier molecular flexibility index (Phi) is 4.80. The Labute approximate surface area is 152 Å². The summed E-state index contributed by atoms with van der Waals surface area (Å²) in [7, 11) is 1.62. The summed E-state index contributed by atoms with van der Waals surface area (Å²) in [5.41, 5.74) is 2.24. The van der Waals surface area contributed by atoms with Gasteiger partial charge in [0.1, 0.15) is 16.9 Å². The molecule has 5 nitrogen and oxygen atoms in total. The smallest absolute Gasteiger partial charge is 0.224 e. The largest absolute Gasteiger partial charge is 0.495 e. The molecule has 2 heterocycles. The molecule has 1 aromatic heterocycles. The third-order valence-electron chi connectivity index (χ3n) is 5.21. The van der Waals surface area contributed by atoms with E-state index in [1.54, 1.807) is 7.11 Å².